The first-order valence-electron chi connectivity index (χ1n) is 9.57. The van der Waals surface area contributed by atoms with E-state index >= 15 is 0 Å². The Balaban J connectivity index is 1.46. The summed E-state index contributed by atoms with van der Waals surface area (Å²) in [5, 5.41) is 0. The van der Waals surface area contributed by atoms with Crippen molar-refractivity contribution in [2.24, 2.45) is 35.5 Å². The van der Waals surface area contributed by atoms with Gasteiger partial charge in [0.1, 0.15) is 0 Å². The van der Waals surface area contributed by atoms with Gasteiger partial charge in [0.05, 0.1) is 0 Å². The van der Waals surface area contributed by atoms with Gasteiger partial charge in [-0.1, -0.05) is 38.0 Å². The maximum Gasteiger partial charge on any atom is -0.00559 e. The Morgan fingerprint density at radius 1 is 0.714 bits per heavy atom. The molecule has 0 aromatic heterocycles. The average molecular weight is 287 g/mol. The molecule has 0 aromatic rings. The second-order valence-corrected chi connectivity index (χ2v) is 8.22. The maximum absolute atomic E-state index is 3.94. The standard InChI is InChI=1S/C21H34/c1-3-17-6-10-19(11-7-17)21-14-12-20(13-15-21)18-8-4-16(2)5-9-18/h3,6,10,16-21H,1,4-5,7-9,11-15H2,2H3. The van der Waals surface area contributed by atoms with Crippen LogP contribution in [0.1, 0.15) is 71.1 Å². The Kier molecular flexibility index (Phi) is 5.24. The van der Waals surface area contributed by atoms with Crippen molar-refractivity contribution in [2.75, 3.05) is 0 Å². The summed E-state index contributed by atoms with van der Waals surface area (Å²) in [6.45, 7) is 6.38. The first-order chi connectivity index (χ1) is 10.3. The quantitative estimate of drug-likeness (QED) is 0.527. The highest BCUT2D eigenvalue weighted by molar-refractivity contribution is 5.05. The monoisotopic (exact) mass is 286 g/mol. The lowest BCUT2D eigenvalue weighted by Gasteiger charge is -2.39. The predicted octanol–water partition coefficient (Wildman–Crippen LogP) is 6.39. The van der Waals surface area contributed by atoms with Crippen LogP contribution in [0.15, 0.2) is 24.8 Å². The number of hydrogen-bond acceptors (Lipinski definition) is 0. The van der Waals surface area contributed by atoms with Crippen LogP contribution in [0.5, 0.6) is 0 Å². The highest BCUT2D eigenvalue weighted by Gasteiger charge is 2.32. The van der Waals surface area contributed by atoms with E-state index in [1.54, 1.807) is 0 Å². The lowest BCUT2D eigenvalue weighted by molar-refractivity contribution is 0.133. The topological polar surface area (TPSA) is 0 Å². The SMILES string of the molecule is C=CC1C=CC(C2CCC(C3CCC(C)CC3)CC2)CC1. The van der Waals surface area contributed by atoms with Crippen molar-refractivity contribution in [3.8, 4) is 0 Å². The van der Waals surface area contributed by atoms with Gasteiger partial charge in [-0.3, -0.25) is 0 Å². The molecular weight excluding hydrogens is 252 g/mol. The van der Waals surface area contributed by atoms with Gasteiger partial charge < -0.3 is 0 Å². The first-order valence-corrected chi connectivity index (χ1v) is 9.57. The van der Waals surface area contributed by atoms with Crippen LogP contribution in [0.25, 0.3) is 0 Å². The molecule has 0 aliphatic heterocycles. The van der Waals surface area contributed by atoms with Crippen molar-refractivity contribution in [1.29, 1.82) is 0 Å². The van der Waals surface area contributed by atoms with Crippen LogP contribution in [-0.2, 0) is 0 Å². The van der Waals surface area contributed by atoms with Crippen molar-refractivity contribution < 1.29 is 0 Å². The summed E-state index contributed by atoms with van der Waals surface area (Å²) in [7, 11) is 0. The fourth-order valence-electron chi connectivity index (χ4n) is 5.25. The summed E-state index contributed by atoms with van der Waals surface area (Å²) in [6, 6.07) is 0. The van der Waals surface area contributed by atoms with Crippen molar-refractivity contribution >= 4 is 0 Å². The fraction of sp³-hybridized carbons (Fsp3) is 0.810. The van der Waals surface area contributed by atoms with Crippen LogP contribution in [0, 0.1) is 35.5 Å². The summed E-state index contributed by atoms with van der Waals surface area (Å²) in [5.41, 5.74) is 0. The van der Waals surface area contributed by atoms with E-state index in [1.807, 2.05) is 0 Å². The second kappa shape index (κ2) is 7.16. The van der Waals surface area contributed by atoms with Gasteiger partial charge in [-0.25, -0.2) is 0 Å². The molecule has 3 rings (SSSR count). The van der Waals surface area contributed by atoms with Crippen LogP contribution in [0.3, 0.4) is 0 Å². The molecule has 0 nitrogen and oxygen atoms in total. The molecule has 3 aliphatic carbocycles. The molecule has 0 N–H and O–H groups in total. The van der Waals surface area contributed by atoms with E-state index in [-0.39, 0.29) is 0 Å². The molecule has 0 radical (unpaired) electrons. The Morgan fingerprint density at radius 3 is 1.81 bits per heavy atom. The molecule has 2 fully saturated rings. The summed E-state index contributed by atoms with van der Waals surface area (Å²) in [5.74, 6) is 5.68. The summed E-state index contributed by atoms with van der Waals surface area (Å²) in [4.78, 5) is 0. The third-order valence-electron chi connectivity index (χ3n) is 6.89. The number of hydrogen-bond donors (Lipinski definition) is 0. The Morgan fingerprint density at radius 2 is 1.29 bits per heavy atom. The minimum absolute atomic E-state index is 0.654. The molecule has 21 heavy (non-hydrogen) atoms. The van der Waals surface area contributed by atoms with Gasteiger partial charge in [0.2, 0.25) is 0 Å². The maximum atomic E-state index is 3.94. The third-order valence-corrected chi connectivity index (χ3v) is 6.89. The zero-order valence-corrected chi connectivity index (χ0v) is 14.0. The lowest BCUT2D eigenvalue weighted by Crippen LogP contribution is -2.28. The van der Waals surface area contributed by atoms with Crippen molar-refractivity contribution in [3.05, 3.63) is 24.8 Å². The van der Waals surface area contributed by atoms with Crippen LogP contribution in [0.4, 0.5) is 0 Å². The van der Waals surface area contributed by atoms with Gasteiger partial charge in [0.25, 0.3) is 0 Å². The molecule has 2 atom stereocenters. The average Bonchev–Trinajstić information content (AvgIpc) is 2.56. The van der Waals surface area contributed by atoms with E-state index < -0.39 is 0 Å². The highest BCUT2D eigenvalue weighted by Crippen LogP contribution is 2.44. The summed E-state index contributed by atoms with van der Waals surface area (Å²) >= 11 is 0. The van der Waals surface area contributed by atoms with Crippen LogP contribution >= 0.6 is 0 Å². The van der Waals surface area contributed by atoms with Gasteiger partial charge >= 0.3 is 0 Å². The van der Waals surface area contributed by atoms with Crippen LogP contribution < -0.4 is 0 Å². The normalized spacial score (nSPS) is 44.4. The van der Waals surface area contributed by atoms with Gasteiger partial charge in [-0.05, 0) is 86.9 Å². The van der Waals surface area contributed by atoms with Gasteiger partial charge in [0, 0.05) is 0 Å². The largest absolute Gasteiger partial charge is 0.102 e. The predicted molar refractivity (Wildman–Crippen MR) is 92.1 cm³/mol. The molecule has 2 unspecified atom stereocenters. The van der Waals surface area contributed by atoms with Crippen molar-refractivity contribution in [1.82, 2.24) is 0 Å². The van der Waals surface area contributed by atoms with Gasteiger partial charge in [-0.2, -0.15) is 0 Å². The fourth-order valence-corrected chi connectivity index (χ4v) is 5.25. The van der Waals surface area contributed by atoms with E-state index in [0.29, 0.717) is 5.92 Å². The van der Waals surface area contributed by atoms with Gasteiger partial charge in [-0.15, -0.1) is 6.58 Å². The summed E-state index contributed by atoms with van der Waals surface area (Å²) in [6.07, 6.45) is 21.9. The Labute approximate surface area is 132 Å². The first kappa shape index (κ1) is 15.4. The molecule has 118 valence electrons. The van der Waals surface area contributed by atoms with E-state index in [1.165, 1.54) is 64.2 Å². The van der Waals surface area contributed by atoms with Crippen molar-refractivity contribution in [3.63, 3.8) is 0 Å². The van der Waals surface area contributed by atoms with Crippen LogP contribution in [0.2, 0.25) is 0 Å². The molecule has 0 aromatic carbocycles. The molecular formula is C21H34. The zero-order valence-electron chi connectivity index (χ0n) is 14.0. The van der Waals surface area contributed by atoms with Crippen LogP contribution in [-0.4, -0.2) is 0 Å². The minimum Gasteiger partial charge on any atom is -0.102 e. The van der Waals surface area contributed by atoms with E-state index in [9.17, 15) is 0 Å². The van der Waals surface area contributed by atoms with E-state index in [2.05, 4.69) is 31.7 Å². The molecule has 0 heteroatoms. The van der Waals surface area contributed by atoms with Gasteiger partial charge in [0.15, 0.2) is 0 Å². The molecule has 0 heterocycles. The molecule has 2 saturated carbocycles. The molecule has 0 bridgehead atoms. The second-order valence-electron chi connectivity index (χ2n) is 8.22. The smallest absolute Gasteiger partial charge is 0.00559 e. The van der Waals surface area contributed by atoms with E-state index in [0.717, 1.165) is 29.6 Å². The Hall–Kier alpha value is -0.520. The molecule has 0 saturated heterocycles. The zero-order chi connectivity index (χ0) is 14.7. The third kappa shape index (κ3) is 3.82. The molecule has 0 amide bonds. The number of rotatable bonds is 3. The number of allylic oxidation sites excluding steroid dienone is 3. The Bertz CT molecular complexity index is 350. The molecule has 0 spiro atoms. The van der Waals surface area contributed by atoms with E-state index in [4.69, 9.17) is 0 Å². The summed E-state index contributed by atoms with van der Waals surface area (Å²) < 4.78 is 0. The van der Waals surface area contributed by atoms with Crippen molar-refractivity contribution in [2.45, 2.75) is 71.1 Å². The lowest BCUT2D eigenvalue weighted by atomic mass is 9.66. The highest BCUT2D eigenvalue weighted by atomic mass is 14.4. The molecule has 3 aliphatic rings. The minimum atomic E-state index is 0.654.